The zero-order valence-corrected chi connectivity index (χ0v) is 13.0. The fourth-order valence-corrected chi connectivity index (χ4v) is 2.57. The highest BCUT2D eigenvalue weighted by atomic mass is 16.4. The van der Waals surface area contributed by atoms with Crippen molar-refractivity contribution < 1.29 is 9.90 Å². The number of carbonyl (C=O) groups is 1. The number of benzene rings is 2. The number of nitrogens with one attached hydrogen (secondary N) is 1. The Morgan fingerprint density at radius 3 is 2.27 bits per heavy atom. The van der Waals surface area contributed by atoms with Gasteiger partial charge in [-0.3, -0.25) is 0 Å². The number of aromatic amines is 1. The van der Waals surface area contributed by atoms with Crippen molar-refractivity contribution in [3.05, 3.63) is 59.7 Å². The Bertz CT molecular complexity index is 836. The molecule has 0 unspecified atom stereocenters. The van der Waals surface area contributed by atoms with Gasteiger partial charge in [0.15, 0.2) is 0 Å². The first-order valence-electron chi connectivity index (χ1n) is 7.31. The molecule has 0 aliphatic rings. The molecule has 0 spiro atoms. The molecule has 22 heavy (non-hydrogen) atoms. The maximum atomic E-state index is 11.0. The van der Waals surface area contributed by atoms with Crippen molar-refractivity contribution in [1.29, 1.82) is 0 Å². The minimum absolute atomic E-state index is 0.134. The lowest BCUT2D eigenvalue weighted by Gasteiger charge is -2.19. The largest absolute Gasteiger partial charge is 0.478 e. The molecule has 2 N–H and O–H groups in total. The van der Waals surface area contributed by atoms with Crippen LogP contribution in [0.15, 0.2) is 48.5 Å². The summed E-state index contributed by atoms with van der Waals surface area (Å²) in [6, 6.07) is 15.7. The zero-order valence-electron chi connectivity index (χ0n) is 13.0. The zero-order chi connectivity index (χ0) is 15.9. The lowest BCUT2D eigenvalue weighted by molar-refractivity contribution is 0.0697. The Balaban J connectivity index is 2.01. The molecule has 0 aliphatic carbocycles. The number of aromatic nitrogens is 1. The average molecular weight is 293 g/mol. The van der Waals surface area contributed by atoms with Gasteiger partial charge in [0, 0.05) is 16.6 Å². The second-order valence-corrected chi connectivity index (χ2v) is 6.62. The molecule has 3 aromatic rings. The van der Waals surface area contributed by atoms with E-state index in [9.17, 15) is 4.79 Å². The highest BCUT2D eigenvalue weighted by Crippen LogP contribution is 2.28. The Morgan fingerprint density at radius 1 is 1.00 bits per heavy atom. The van der Waals surface area contributed by atoms with Gasteiger partial charge in [-0.15, -0.1) is 0 Å². The van der Waals surface area contributed by atoms with Gasteiger partial charge in [-0.1, -0.05) is 51.1 Å². The Labute approximate surface area is 129 Å². The highest BCUT2D eigenvalue weighted by Gasteiger charge is 2.13. The van der Waals surface area contributed by atoms with Gasteiger partial charge in [0.05, 0.1) is 5.56 Å². The summed E-state index contributed by atoms with van der Waals surface area (Å²) < 4.78 is 0. The van der Waals surface area contributed by atoms with Crippen molar-refractivity contribution in [3.8, 4) is 11.3 Å². The Morgan fingerprint density at radius 2 is 1.68 bits per heavy atom. The van der Waals surface area contributed by atoms with Crippen LogP contribution in [-0.2, 0) is 5.41 Å². The van der Waals surface area contributed by atoms with Gasteiger partial charge in [0.2, 0.25) is 0 Å². The second kappa shape index (κ2) is 5.02. The van der Waals surface area contributed by atoms with Crippen LogP contribution in [-0.4, -0.2) is 16.1 Å². The van der Waals surface area contributed by atoms with E-state index in [0.29, 0.717) is 5.56 Å². The van der Waals surface area contributed by atoms with Crippen LogP contribution in [0.25, 0.3) is 22.2 Å². The van der Waals surface area contributed by atoms with E-state index in [1.807, 2.05) is 12.1 Å². The summed E-state index contributed by atoms with van der Waals surface area (Å²) in [4.78, 5) is 14.3. The molecule has 1 heterocycles. The van der Waals surface area contributed by atoms with Crippen LogP contribution in [0.5, 0.6) is 0 Å². The summed E-state index contributed by atoms with van der Waals surface area (Å²) in [7, 11) is 0. The van der Waals surface area contributed by atoms with Crippen molar-refractivity contribution in [2.24, 2.45) is 0 Å². The minimum atomic E-state index is -0.910. The van der Waals surface area contributed by atoms with Gasteiger partial charge in [-0.2, -0.15) is 0 Å². The smallest absolute Gasteiger partial charge is 0.335 e. The van der Waals surface area contributed by atoms with Crippen LogP contribution in [0.2, 0.25) is 0 Å². The number of hydrogen-bond acceptors (Lipinski definition) is 1. The first-order chi connectivity index (χ1) is 10.3. The van der Waals surface area contributed by atoms with Crippen LogP contribution >= 0.6 is 0 Å². The topological polar surface area (TPSA) is 53.1 Å². The molecular weight excluding hydrogens is 274 g/mol. The summed E-state index contributed by atoms with van der Waals surface area (Å²) in [6.45, 7) is 6.58. The predicted octanol–water partition coefficient (Wildman–Crippen LogP) is 4.83. The van der Waals surface area contributed by atoms with E-state index in [1.165, 1.54) is 5.56 Å². The molecule has 0 fully saturated rings. The molecule has 1 aromatic heterocycles. The molecule has 3 heteroatoms. The molecule has 0 bridgehead atoms. The standard InChI is InChI=1S/C19H19NO2/c1-19(2,3)15-8-6-12(7-9-15)16-10-13-4-5-14(18(21)22)11-17(13)20-16/h4-11,20H,1-3H3,(H,21,22). The summed E-state index contributed by atoms with van der Waals surface area (Å²) in [5.74, 6) is -0.910. The summed E-state index contributed by atoms with van der Waals surface area (Å²) in [6.07, 6.45) is 0. The SMILES string of the molecule is CC(C)(C)c1ccc(-c2cc3ccc(C(=O)O)cc3[nH]2)cc1. The number of rotatable bonds is 2. The van der Waals surface area contributed by atoms with E-state index in [4.69, 9.17) is 5.11 Å². The molecule has 0 saturated heterocycles. The Kier molecular flexibility index (Phi) is 3.28. The van der Waals surface area contributed by atoms with E-state index < -0.39 is 5.97 Å². The lowest BCUT2D eigenvalue weighted by Crippen LogP contribution is -2.10. The highest BCUT2D eigenvalue weighted by molar-refractivity contribution is 5.94. The van der Waals surface area contributed by atoms with Gasteiger partial charge in [0.25, 0.3) is 0 Å². The average Bonchev–Trinajstić information content (AvgIpc) is 2.89. The van der Waals surface area contributed by atoms with Crippen molar-refractivity contribution in [2.45, 2.75) is 26.2 Å². The summed E-state index contributed by atoms with van der Waals surface area (Å²) in [5, 5.41) is 10.1. The molecular formula is C19H19NO2. The Hall–Kier alpha value is -2.55. The third-order valence-corrected chi connectivity index (χ3v) is 3.93. The summed E-state index contributed by atoms with van der Waals surface area (Å²) in [5.41, 5.74) is 4.66. The fourth-order valence-electron chi connectivity index (χ4n) is 2.57. The predicted molar refractivity (Wildman–Crippen MR) is 89.4 cm³/mol. The van der Waals surface area contributed by atoms with Gasteiger partial charge in [-0.25, -0.2) is 4.79 Å². The van der Waals surface area contributed by atoms with E-state index in [-0.39, 0.29) is 5.41 Å². The van der Waals surface area contributed by atoms with Crippen LogP contribution in [0.3, 0.4) is 0 Å². The summed E-state index contributed by atoms with van der Waals surface area (Å²) >= 11 is 0. The van der Waals surface area contributed by atoms with E-state index >= 15 is 0 Å². The number of hydrogen-bond donors (Lipinski definition) is 2. The molecule has 3 nitrogen and oxygen atoms in total. The van der Waals surface area contributed by atoms with Crippen molar-refractivity contribution >= 4 is 16.9 Å². The molecule has 2 aromatic carbocycles. The molecule has 0 radical (unpaired) electrons. The number of carboxylic acids is 1. The van der Waals surface area contributed by atoms with Crippen LogP contribution < -0.4 is 0 Å². The molecule has 0 amide bonds. The molecule has 3 rings (SSSR count). The number of fused-ring (bicyclic) bond motifs is 1. The number of carboxylic acid groups (broad SMARTS) is 1. The maximum Gasteiger partial charge on any atom is 0.335 e. The minimum Gasteiger partial charge on any atom is -0.478 e. The van der Waals surface area contributed by atoms with Gasteiger partial charge >= 0.3 is 5.97 Å². The van der Waals surface area contributed by atoms with Crippen molar-refractivity contribution in [3.63, 3.8) is 0 Å². The number of H-pyrrole nitrogens is 1. The first kappa shape index (κ1) is 14.4. The first-order valence-corrected chi connectivity index (χ1v) is 7.31. The van der Waals surface area contributed by atoms with Gasteiger partial charge in [-0.05, 0) is 34.7 Å². The maximum absolute atomic E-state index is 11.0. The quantitative estimate of drug-likeness (QED) is 0.711. The van der Waals surface area contributed by atoms with E-state index in [1.54, 1.807) is 12.1 Å². The third-order valence-electron chi connectivity index (χ3n) is 3.93. The van der Waals surface area contributed by atoms with Gasteiger partial charge < -0.3 is 10.1 Å². The molecule has 0 saturated carbocycles. The normalized spacial score (nSPS) is 11.8. The number of aromatic carboxylic acids is 1. The third kappa shape index (κ3) is 2.62. The second-order valence-electron chi connectivity index (χ2n) is 6.62. The van der Waals surface area contributed by atoms with Gasteiger partial charge in [0.1, 0.15) is 0 Å². The molecule has 0 aliphatic heterocycles. The van der Waals surface area contributed by atoms with E-state index in [0.717, 1.165) is 22.2 Å². The van der Waals surface area contributed by atoms with Crippen molar-refractivity contribution in [1.82, 2.24) is 4.98 Å². The van der Waals surface area contributed by atoms with Crippen LogP contribution in [0.1, 0.15) is 36.7 Å². The fraction of sp³-hybridized carbons (Fsp3) is 0.211. The van der Waals surface area contributed by atoms with E-state index in [2.05, 4.69) is 50.0 Å². The molecule has 112 valence electrons. The monoisotopic (exact) mass is 293 g/mol. The van der Waals surface area contributed by atoms with Crippen molar-refractivity contribution in [2.75, 3.05) is 0 Å². The van der Waals surface area contributed by atoms with Crippen LogP contribution in [0.4, 0.5) is 0 Å². The van der Waals surface area contributed by atoms with Crippen LogP contribution in [0, 0.1) is 0 Å². The molecule has 0 atom stereocenters. The lowest BCUT2D eigenvalue weighted by atomic mass is 9.86.